The van der Waals surface area contributed by atoms with Gasteiger partial charge in [-0.2, -0.15) is 0 Å². The lowest BCUT2D eigenvalue weighted by Gasteiger charge is -1.99. The second kappa shape index (κ2) is 3.76. The van der Waals surface area contributed by atoms with Gasteiger partial charge in [-0.25, -0.2) is 0 Å². The van der Waals surface area contributed by atoms with Gasteiger partial charge in [0.2, 0.25) is 0 Å². The standard InChI is InChI=1S/C12H5Br2ClO/c13-11-10-8-5-7(15)3-1-6(8)2-4-9(10)16-12(11)14/h1-5H. The van der Waals surface area contributed by atoms with E-state index in [0.29, 0.717) is 4.67 Å². The molecule has 0 atom stereocenters. The predicted octanol–water partition coefficient (Wildman–Crippen LogP) is 5.76. The van der Waals surface area contributed by atoms with Crippen molar-refractivity contribution in [3.8, 4) is 0 Å². The van der Waals surface area contributed by atoms with Crippen LogP contribution >= 0.6 is 43.5 Å². The summed E-state index contributed by atoms with van der Waals surface area (Å²) in [7, 11) is 0. The van der Waals surface area contributed by atoms with E-state index in [1.807, 2.05) is 30.3 Å². The van der Waals surface area contributed by atoms with Crippen molar-refractivity contribution in [2.45, 2.75) is 0 Å². The lowest BCUT2D eigenvalue weighted by Crippen LogP contribution is -1.74. The first-order valence-corrected chi connectivity index (χ1v) is 6.59. The van der Waals surface area contributed by atoms with Gasteiger partial charge >= 0.3 is 0 Å². The molecule has 0 N–H and O–H groups in total. The van der Waals surface area contributed by atoms with Crippen LogP contribution in [0.3, 0.4) is 0 Å². The van der Waals surface area contributed by atoms with Crippen LogP contribution in [0.4, 0.5) is 0 Å². The zero-order chi connectivity index (χ0) is 11.3. The van der Waals surface area contributed by atoms with Gasteiger partial charge in [-0.1, -0.05) is 23.7 Å². The van der Waals surface area contributed by atoms with E-state index in [2.05, 4.69) is 31.9 Å². The quantitative estimate of drug-likeness (QED) is 0.496. The van der Waals surface area contributed by atoms with Gasteiger partial charge in [0.15, 0.2) is 4.67 Å². The van der Waals surface area contributed by atoms with Crippen LogP contribution in [0.15, 0.2) is 43.9 Å². The number of benzene rings is 2. The van der Waals surface area contributed by atoms with Crippen LogP contribution in [0.5, 0.6) is 0 Å². The molecule has 80 valence electrons. The van der Waals surface area contributed by atoms with Crippen LogP contribution in [-0.4, -0.2) is 0 Å². The maximum absolute atomic E-state index is 6.02. The van der Waals surface area contributed by atoms with Crippen molar-refractivity contribution < 1.29 is 4.42 Å². The number of fused-ring (bicyclic) bond motifs is 3. The van der Waals surface area contributed by atoms with Crippen molar-refractivity contribution >= 4 is 65.2 Å². The molecular weight excluding hydrogens is 355 g/mol. The Morgan fingerprint density at radius 1 is 1.06 bits per heavy atom. The van der Waals surface area contributed by atoms with Crippen molar-refractivity contribution in [2.24, 2.45) is 0 Å². The first kappa shape index (κ1) is 10.6. The third kappa shape index (κ3) is 1.50. The highest BCUT2D eigenvalue weighted by molar-refractivity contribution is 9.13. The minimum absolute atomic E-state index is 0.704. The first-order chi connectivity index (χ1) is 7.66. The summed E-state index contributed by atoms with van der Waals surface area (Å²) >= 11 is 12.9. The van der Waals surface area contributed by atoms with E-state index in [1.54, 1.807) is 0 Å². The van der Waals surface area contributed by atoms with Crippen molar-refractivity contribution in [1.82, 2.24) is 0 Å². The summed E-state index contributed by atoms with van der Waals surface area (Å²) in [6.07, 6.45) is 0. The van der Waals surface area contributed by atoms with Gasteiger partial charge in [-0.15, -0.1) is 0 Å². The molecule has 16 heavy (non-hydrogen) atoms. The molecule has 0 spiro atoms. The van der Waals surface area contributed by atoms with E-state index in [-0.39, 0.29) is 0 Å². The average molecular weight is 360 g/mol. The third-order valence-electron chi connectivity index (χ3n) is 2.54. The fourth-order valence-corrected chi connectivity index (χ4v) is 2.86. The molecule has 1 aromatic heterocycles. The zero-order valence-corrected chi connectivity index (χ0v) is 11.9. The van der Waals surface area contributed by atoms with Crippen LogP contribution < -0.4 is 0 Å². The van der Waals surface area contributed by atoms with Crippen LogP contribution in [0, 0.1) is 0 Å². The molecule has 2 aromatic carbocycles. The Morgan fingerprint density at radius 2 is 1.81 bits per heavy atom. The molecule has 0 saturated carbocycles. The number of furan rings is 1. The van der Waals surface area contributed by atoms with E-state index in [9.17, 15) is 0 Å². The molecule has 3 aromatic rings. The van der Waals surface area contributed by atoms with Gasteiger partial charge in [0, 0.05) is 10.4 Å². The molecule has 0 radical (unpaired) electrons. The molecule has 0 fully saturated rings. The molecule has 0 bridgehead atoms. The summed E-state index contributed by atoms with van der Waals surface area (Å²) < 4.78 is 7.20. The predicted molar refractivity (Wildman–Crippen MR) is 74.1 cm³/mol. The van der Waals surface area contributed by atoms with E-state index < -0.39 is 0 Å². The number of rotatable bonds is 0. The van der Waals surface area contributed by atoms with Crippen LogP contribution in [-0.2, 0) is 0 Å². The summed E-state index contributed by atoms with van der Waals surface area (Å²) in [5.74, 6) is 0. The summed E-state index contributed by atoms with van der Waals surface area (Å²) in [4.78, 5) is 0. The smallest absolute Gasteiger partial charge is 0.184 e. The third-order valence-corrected chi connectivity index (χ3v) is 4.62. The molecule has 0 aliphatic rings. The second-order valence-electron chi connectivity index (χ2n) is 3.49. The fourth-order valence-electron chi connectivity index (χ4n) is 1.82. The molecule has 1 nitrogen and oxygen atoms in total. The molecule has 0 unspecified atom stereocenters. The minimum Gasteiger partial charge on any atom is -0.448 e. The van der Waals surface area contributed by atoms with Crippen LogP contribution in [0.2, 0.25) is 5.02 Å². The molecule has 0 amide bonds. The Bertz CT molecular complexity index is 703. The summed E-state index contributed by atoms with van der Waals surface area (Å²) in [6, 6.07) is 9.83. The number of hydrogen-bond donors (Lipinski definition) is 0. The zero-order valence-electron chi connectivity index (χ0n) is 7.93. The fraction of sp³-hybridized carbons (Fsp3) is 0. The van der Waals surface area contributed by atoms with Gasteiger partial charge in [0.05, 0.1) is 4.47 Å². The highest BCUT2D eigenvalue weighted by Gasteiger charge is 2.12. The van der Waals surface area contributed by atoms with Crippen molar-refractivity contribution in [3.05, 3.63) is 44.5 Å². The molecule has 0 aliphatic carbocycles. The highest BCUT2D eigenvalue weighted by Crippen LogP contribution is 2.39. The lowest BCUT2D eigenvalue weighted by molar-refractivity contribution is 0.585. The van der Waals surface area contributed by atoms with Crippen molar-refractivity contribution in [3.63, 3.8) is 0 Å². The molecule has 3 rings (SSSR count). The van der Waals surface area contributed by atoms with E-state index in [1.165, 1.54) is 0 Å². The molecule has 1 heterocycles. The molecular formula is C12H5Br2ClO. The van der Waals surface area contributed by atoms with Gasteiger partial charge in [0.25, 0.3) is 0 Å². The largest absolute Gasteiger partial charge is 0.448 e. The molecule has 0 aliphatic heterocycles. The maximum Gasteiger partial charge on any atom is 0.184 e. The molecule has 4 heteroatoms. The second-order valence-corrected chi connectivity index (χ2v) is 5.44. The topological polar surface area (TPSA) is 13.1 Å². The summed E-state index contributed by atoms with van der Waals surface area (Å²) in [5, 5.41) is 4.01. The number of halogens is 3. The Labute approximate surface area is 114 Å². The normalized spacial score (nSPS) is 11.4. The lowest BCUT2D eigenvalue weighted by atomic mass is 10.1. The highest BCUT2D eigenvalue weighted by atomic mass is 79.9. The van der Waals surface area contributed by atoms with Crippen molar-refractivity contribution in [2.75, 3.05) is 0 Å². The summed E-state index contributed by atoms with van der Waals surface area (Å²) in [6.45, 7) is 0. The van der Waals surface area contributed by atoms with Gasteiger partial charge in [-0.05, 0) is 60.8 Å². The minimum atomic E-state index is 0.704. The van der Waals surface area contributed by atoms with Gasteiger partial charge < -0.3 is 4.42 Å². The van der Waals surface area contributed by atoms with E-state index >= 15 is 0 Å². The van der Waals surface area contributed by atoms with Gasteiger partial charge in [-0.3, -0.25) is 0 Å². The summed E-state index contributed by atoms with van der Waals surface area (Å²) in [5.41, 5.74) is 0.841. The number of hydrogen-bond acceptors (Lipinski definition) is 1. The Hall–Kier alpha value is -0.510. The SMILES string of the molecule is Clc1ccc2ccc3oc(Br)c(Br)c3c2c1. The van der Waals surface area contributed by atoms with E-state index in [0.717, 1.165) is 31.2 Å². The Balaban J connectivity index is 2.60. The average Bonchev–Trinajstić information content (AvgIpc) is 2.55. The Morgan fingerprint density at radius 3 is 2.62 bits per heavy atom. The monoisotopic (exact) mass is 358 g/mol. The van der Waals surface area contributed by atoms with Crippen molar-refractivity contribution in [1.29, 1.82) is 0 Å². The first-order valence-electron chi connectivity index (χ1n) is 4.62. The van der Waals surface area contributed by atoms with Gasteiger partial charge in [0.1, 0.15) is 5.58 Å². The Kier molecular flexibility index (Phi) is 2.50. The van der Waals surface area contributed by atoms with Crippen LogP contribution in [0.1, 0.15) is 0 Å². The van der Waals surface area contributed by atoms with E-state index in [4.69, 9.17) is 16.0 Å². The molecule has 0 saturated heterocycles. The van der Waals surface area contributed by atoms with Crippen LogP contribution in [0.25, 0.3) is 21.7 Å². The maximum atomic E-state index is 6.02.